The van der Waals surface area contributed by atoms with Gasteiger partial charge in [0.15, 0.2) is 6.61 Å². The lowest BCUT2D eigenvalue weighted by molar-refractivity contribution is -0.139. The number of aryl methyl sites for hydroxylation is 1. The van der Waals surface area contributed by atoms with Gasteiger partial charge in [-0.15, -0.1) is 0 Å². The first-order valence-corrected chi connectivity index (χ1v) is 10.6. The Hall–Kier alpha value is -2.76. The minimum Gasteiger partial charge on any atom is -0.482 e. The lowest BCUT2D eigenvalue weighted by Crippen LogP contribution is -2.10. The largest absolute Gasteiger partial charge is 0.482 e. The summed E-state index contributed by atoms with van der Waals surface area (Å²) in [5.41, 5.74) is 3.41. The van der Waals surface area contributed by atoms with Crippen LogP contribution in [0.15, 0.2) is 46.9 Å². The molecule has 162 valence electrons. The molecule has 0 aliphatic rings. The molecular weight excluding hydrogens is 437 g/mol. The van der Waals surface area contributed by atoms with E-state index in [1.807, 2.05) is 31.2 Å². The molecule has 1 aromatic heterocycles. The summed E-state index contributed by atoms with van der Waals surface area (Å²) >= 11 is 12.3. The number of aliphatic carboxylic acids is 1. The highest BCUT2D eigenvalue weighted by Crippen LogP contribution is 2.33. The quantitative estimate of drug-likeness (QED) is 0.400. The zero-order valence-electron chi connectivity index (χ0n) is 17.5. The van der Waals surface area contributed by atoms with Crippen LogP contribution in [0.1, 0.15) is 42.3 Å². The van der Waals surface area contributed by atoms with Crippen molar-refractivity contribution < 1.29 is 19.1 Å². The summed E-state index contributed by atoms with van der Waals surface area (Å²) in [6.45, 7) is 5.63. The summed E-state index contributed by atoms with van der Waals surface area (Å²) < 4.78 is 11.3. The molecule has 0 unspecified atom stereocenters. The summed E-state index contributed by atoms with van der Waals surface area (Å²) in [4.78, 5) is 15.3. The van der Waals surface area contributed by atoms with Crippen molar-refractivity contribution in [2.45, 2.75) is 33.1 Å². The fourth-order valence-electron chi connectivity index (χ4n) is 3.12. The maximum atomic E-state index is 10.7. The van der Waals surface area contributed by atoms with Gasteiger partial charge in [0, 0.05) is 17.4 Å². The molecule has 0 aliphatic carbocycles. The molecule has 1 heterocycles. The standard InChI is InChI=1S/C24H23Cl2NO4/c1-14(2)23-20(27-24(31-23)18-9-8-17(25)12-19(18)26)6-4-5-16-7-10-21(15(3)11-16)30-13-22(28)29/h4-5,7-12,14H,6,13H2,1-3H3,(H,28,29)/b5-4+. The van der Waals surface area contributed by atoms with Gasteiger partial charge < -0.3 is 14.3 Å². The van der Waals surface area contributed by atoms with E-state index in [0.717, 1.165) is 22.6 Å². The number of ether oxygens (including phenoxy) is 1. The van der Waals surface area contributed by atoms with Gasteiger partial charge in [-0.05, 0) is 48.4 Å². The van der Waals surface area contributed by atoms with Crippen LogP contribution in [0, 0.1) is 6.92 Å². The van der Waals surface area contributed by atoms with Crippen LogP contribution < -0.4 is 4.74 Å². The molecule has 1 N–H and O–H groups in total. The summed E-state index contributed by atoms with van der Waals surface area (Å²) in [7, 11) is 0. The van der Waals surface area contributed by atoms with Gasteiger partial charge in [-0.3, -0.25) is 0 Å². The molecule has 0 spiro atoms. The zero-order valence-corrected chi connectivity index (χ0v) is 19.0. The van der Waals surface area contributed by atoms with Gasteiger partial charge in [-0.25, -0.2) is 9.78 Å². The lowest BCUT2D eigenvalue weighted by Gasteiger charge is -2.07. The van der Waals surface area contributed by atoms with Crippen molar-refractivity contribution in [3.8, 4) is 17.2 Å². The molecule has 0 amide bonds. The van der Waals surface area contributed by atoms with E-state index in [0.29, 0.717) is 33.7 Å². The van der Waals surface area contributed by atoms with Crippen LogP contribution in [0.25, 0.3) is 17.5 Å². The second kappa shape index (κ2) is 10.0. The number of hydrogen-bond acceptors (Lipinski definition) is 4. The van der Waals surface area contributed by atoms with E-state index in [4.69, 9.17) is 37.5 Å². The second-order valence-corrected chi connectivity index (χ2v) is 8.27. The average molecular weight is 460 g/mol. The molecule has 5 nitrogen and oxygen atoms in total. The Morgan fingerprint density at radius 1 is 1.23 bits per heavy atom. The van der Waals surface area contributed by atoms with E-state index in [1.54, 1.807) is 24.3 Å². The maximum Gasteiger partial charge on any atom is 0.341 e. The number of halogens is 2. The second-order valence-electron chi connectivity index (χ2n) is 7.42. The first-order chi connectivity index (χ1) is 14.7. The number of benzene rings is 2. The average Bonchev–Trinajstić information content (AvgIpc) is 3.11. The first-order valence-electron chi connectivity index (χ1n) is 9.81. The van der Waals surface area contributed by atoms with Gasteiger partial charge >= 0.3 is 5.97 Å². The Labute approximate surface area is 191 Å². The minimum atomic E-state index is -1.00. The third-order valence-corrected chi connectivity index (χ3v) is 5.13. The molecule has 2 aromatic carbocycles. The monoisotopic (exact) mass is 459 g/mol. The van der Waals surface area contributed by atoms with Gasteiger partial charge in [0.25, 0.3) is 0 Å². The van der Waals surface area contributed by atoms with Crippen LogP contribution in [0.5, 0.6) is 5.75 Å². The Kier molecular flexibility index (Phi) is 7.42. The fraction of sp³-hybridized carbons (Fsp3) is 0.250. The van der Waals surface area contributed by atoms with E-state index in [9.17, 15) is 4.79 Å². The van der Waals surface area contributed by atoms with Crippen LogP contribution in [0.2, 0.25) is 10.0 Å². The number of oxazole rings is 1. The molecule has 0 fully saturated rings. The fourth-order valence-corrected chi connectivity index (χ4v) is 3.61. The SMILES string of the molecule is Cc1cc(/C=C/Cc2nc(-c3ccc(Cl)cc3Cl)oc2C(C)C)ccc1OCC(=O)O. The Balaban J connectivity index is 1.78. The van der Waals surface area contributed by atoms with Gasteiger partial charge in [0.1, 0.15) is 11.5 Å². The Morgan fingerprint density at radius 2 is 2.00 bits per heavy atom. The molecular formula is C24H23Cl2NO4. The van der Waals surface area contributed by atoms with Crippen molar-refractivity contribution in [1.29, 1.82) is 0 Å². The number of nitrogens with zero attached hydrogens (tertiary/aromatic N) is 1. The van der Waals surface area contributed by atoms with Gasteiger partial charge in [0.05, 0.1) is 16.3 Å². The van der Waals surface area contributed by atoms with Crippen LogP contribution in [-0.4, -0.2) is 22.7 Å². The summed E-state index contributed by atoms with van der Waals surface area (Å²) in [5, 5.41) is 9.79. The third kappa shape index (κ3) is 5.90. The van der Waals surface area contributed by atoms with Crippen molar-refractivity contribution in [2.24, 2.45) is 0 Å². The highest BCUT2D eigenvalue weighted by atomic mass is 35.5. The molecule has 0 saturated heterocycles. The number of aromatic nitrogens is 1. The van der Waals surface area contributed by atoms with Crippen molar-refractivity contribution in [2.75, 3.05) is 6.61 Å². The number of carboxylic acids is 1. The molecule has 0 aliphatic heterocycles. The normalized spacial score (nSPS) is 11.4. The maximum absolute atomic E-state index is 10.7. The van der Waals surface area contributed by atoms with Crippen molar-refractivity contribution in [3.05, 3.63) is 75.1 Å². The van der Waals surface area contributed by atoms with Crippen LogP contribution in [0.3, 0.4) is 0 Å². The molecule has 3 rings (SSSR count). The zero-order chi connectivity index (χ0) is 22.5. The Bertz CT molecular complexity index is 1120. The van der Waals surface area contributed by atoms with E-state index < -0.39 is 5.97 Å². The Morgan fingerprint density at radius 3 is 2.65 bits per heavy atom. The molecule has 3 aromatic rings. The number of allylic oxidation sites excluding steroid dienone is 1. The van der Waals surface area contributed by atoms with Crippen molar-refractivity contribution >= 4 is 35.2 Å². The topological polar surface area (TPSA) is 72.6 Å². The van der Waals surface area contributed by atoms with Crippen molar-refractivity contribution in [3.63, 3.8) is 0 Å². The molecule has 31 heavy (non-hydrogen) atoms. The lowest BCUT2D eigenvalue weighted by atomic mass is 10.1. The summed E-state index contributed by atoms with van der Waals surface area (Å²) in [6.07, 6.45) is 4.60. The van der Waals surface area contributed by atoms with E-state index in [-0.39, 0.29) is 12.5 Å². The molecule has 0 radical (unpaired) electrons. The number of rotatable bonds is 8. The van der Waals surface area contributed by atoms with E-state index in [1.165, 1.54) is 0 Å². The molecule has 0 atom stereocenters. The predicted molar refractivity (Wildman–Crippen MR) is 123 cm³/mol. The van der Waals surface area contributed by atoms with Gasteiger partial charge in [-0.2, -0.15) is 0 Å². The van der Waals surface area contributed by atoms with E-state index >= 15 is 0 Å². The number of carbonyl (C=O) groups is 1. The van der Waals surface area contributed by atoms with Gasteiger partial charge in [0.2, 0.25) is 5.89 Å². The van der Waals surface area contributed by atoms with Crippen LogP contribution >= 0.6 is 23.2 Å². The smallest absolute Gasteiger partial charge is 0.341 e. The number of hydrogen-bond donors (Lipinski definition) is 1. The first kappa shape index (κ1) is 22.9. The van der Waals surface area contributed by atoms with E-state index in [2.05, 4.69) is 18.8 Å². The molecule has 0 bridgehead atoms. The van der Waals surface area contributed by atoms with Gasteiger partial charge in [-0.1, -0.05) is 55.3 Å². The summed E-state index contributed by atoms with van der Waals surface area (Å²) in [5.74, 6) is 1.02. The third-order valence-electron chi connectivity index (χ3n) is 4.59. The molecule has 7 heteroatoms. The number of carboxylic acid groups (broad SMARTS) is 1. The van der Waals surface area contributed by atoms with Crippen LogP contribution in [-0.2, 0) is 11.2 Å². The highest BCUT2D eigenvalue weighted by molar-refractivity contribution is 6.36. The minimum absolute atomic E-state index is 0.170. The molecule has 0 saturated carbocycles. The van der Waals surface area contributed by atoms with Crippen molar-refractivity contribution in [1.82, 2.24) is 4.98 Å². The predicted octanol–water partition coefficient (Wildman–Crippen LogP) is 6.80. The highest BCUT2D eigenvalue weighted by Gasteiger charge is 2.18. The summed E-state index contributed by atoms with van der Waals surface area (Å²) in [6, 6.07) is 10.8. The van der Waals surface area contributed by atoms with Crippen LogP contribution in [0.4, 0.5) is 0 Å².